The maximum atomic E-state index is 11.5. The quantitative estimate of drug-likeness (QED) is 0.733. The van der Waals surface area contributed by atoms with Crippen LogP contribution in [0.2, 0.25) is 0 Å². The SMILES string of the molecule is CCOC(=O)c1cc(C)cc(C=C(C)C)n1. The summed E-state index contributed by atoms with van der Waals surface area (Å²) in [6, 6.07) is 3.68. The Balaban J connectivity index is 3.08. The van der Waals surface area contributed by atoms with E-state index in [0.717, 1.165) is 16.8 Å². The number of pyridine rings is 1. The van der Waals surface area contributed by atoms with Crippen molar-refractivity contribution in [2.75, 3.05) is 6.61 Å². The molecule has 0 spiro atoms. The van der Waals surface area contributed by atoms with Gasteiger partial charge in [-0.15, -0.1) is 0 Å². The third-order valence-electron chi connectivity index (χ3n) is 1.91. The van der Waals surface area contributed by atoms with Crippen LogP contribution in [0.25, 0.3) is 6.08 Å². The first-order chi connectivity index (χ1) is 7.52. The topological polar surface area (TPSA) is 39.2 Å². The molecule has 0 saturated carbocycles. The van der Waals surface area contributed by atoms with E-state index in [1.807, 2.05) is 32.9 Å². The first-order valence-electron chi connectivity index (χ1n) is 5.33. The predicted molar refractivity (Wildman–Crippen MR) is 64.3 cm³/mol. The molecule has 16 heavy (non-hydrogen) atoms. The summed E-state index contributed by atoms with van der Waals surface area (Å²) in [5.74, 6) is -0.366. The zero-order valence-corrected chi connectivity index (χ0v) is 10.2. The van der Waals surface area contributed by atoms with Crippen LogP contribution >= 0.6 is 0 Å². The highest BCUT2D eigenvalue weighted by Gasteiger charge is 2.09. The highest BCUT2D eigenvalue weighted by molar-refractivity contribution is 5.87. The van der Waals surface area contributed by atoms with Gasteiger partial charge in [0.2, 0.25) is 0 Å². The van der Waals surface area contributed by atoms with Crippen LogP contribution in [0, 0.1) is 6.92 Å². The van der Waals surface area contributed by atoms with Crippen molar-refractivity contribution < 1.29 is 9.53 Å². The van der Waals surface area contributed by atoms with E-state index in [1.54, 1.807) is 13.0 Å². The molecule has 3 nitrogen and oxygen atoms in total. The lowest BCUT2D eigenvalue weighted by Crippen LogP contribution is -2.08. The standard InChI is InChI=1S/C13H17NO2/c1-5-16-13(15)12-8-10(4)7-11(14-12)6-9(2)3/h6-8H,5H2,1-4H3. The largest absolute Gasteiger partial charge is 0.461 e. The smallest absolute Gasteiger partial charge is 0.356 e. The van der Waals surface area contributed by atoms with Crippen molar-refractivity contribution in [3.05, 3.63) is 34.7 Å². The third-order valence-corrected chi connectivity index (χ3v) is 1.91. The molecule has 0 aliphatic heterocycles. The Morgan fingerprint density at radius 1 is 1.44 bits per heavy atom. The van der Waals surface area contributed by atoms with Crippen molar-refractivity contribution in [3.8, 4) is 0 Å². The fourth-order valence-electron chi connectivity index (χ4n) is 1.37. The maximum absolute atomic E-state index is 11.5. The van der Waals surface area contributed by atoms with Gasteiger partial charge in [0, 0.05) is 0 Å². The Bertz CT molecular complexity index is 418. The van der Waals surface area contributed by atoms with Crippen LogP contribution in [-0.2, 0) is 4.74 Å². The highest BCUT2D eigenvalue weighted by Crippen LogP contribution is 2.10. The van der Waals surface area contributed by atoms with E-state index in [9.17, 15) is 4.79 Å². The van der Waals surface area contributed by atoms with E-state index in [2.05, 4.69) is 4.98 Å². The van der Waals surface area contributed by atoms with Gasteiger partial charge in [0.05, 0.1) is 12.3 Å². The van der Waals surface area contributed by atoms with Gasteiger partial charge >= 0.3 is 5.97 Å². The summed E-state index contributed by atoms with van der Waals surface area (Å²) in [7, 11) is 0. The molecule has 0 radical (unpaired) electrons. The van der Waals surface area contributed by atoms with Crippen LogP contribution in [0.15, 0.2) is 17.7 Å². The van der Waals surface area contributed by atoms with Gasteiger partial charge < -0.3 is 4.74 Å². The van der Waals surface area contributed by atoms with Gasteiger partial charge in [-0.05, 0) is 51.5 Å². The lowest BCUT2D eigenvalue weighted by Gasteiger charge is -2.04. The molecular formula is C13H17NO2. The molecule has 1 rings (SSSR count). The van der Waals surface area contributed by atoms with Crippen molar-refractivity contribution in [2.45, 2.75) is 27.7 Å². The van der Waals surface area contributed by atoms with Crippen molar-refractivity contribution in [1.29, 1.82) is 0 Å². The average molecular weight is 219 g/mol. The second-order valence-electron chi connectivity index (χ2n) is 3.90. The Hall–Kier alpha value is -1.64. The second-order valence-corrected chi connectivity index (χ2v) is 3.90. The van der Waals surface area contributed by atoms with Crippen LogP contribution in [0.5, 0.6) is 0 Å². The molecule has 0 N–H and O–H groups in total. The lowest BCUT2D eigenvalue weighted by molar-refractivity contribution is 0.0519. The number of carbonyl (C=O) groups excluding carboxylic acids is 1. The van der Waals surface area contributed by atoms with Crippen molar-refractivity contribution in [1.82, 2.24) is 4.98 Å². The molecule has 1 aromatic heterocycles. The van der Waals surface area contributed by atoms with E-state index < -0.39 is 0 Å². The van der Waals surface area contributed by atoms with Crippen molar-refractivity contribution in [3.63, 3.8) is 0 Å². The Morgan fingerprint density at radius 3 is 2.69 bits per heavy atom. The van der Waals surface area contributed by atoms with Gasteiger partial charge in [-0.3, -0.25) is 0 Å². The van der Waals surface area contributed by atoms with E-state index in [4.69, 9.17) is 4.74 Å². The number of carbonyl (C=O) groups is 1. The lowest BCUT2D eigenvalue weighted by atomic mass is 10.2. The van der Waals surface area contributed by atoms with Gasteiger partial charge in [0.15, 0.2) is 0 Å². The number of esters is 1. The van der Waals surface area contributed by atoms with E-state index in [0.29, 0.717) is 12.3 Å². The number of rotatable bonds is 3. The molecule has 0 saturated heterocycles. The summed E-state index contributed by atoms with van der Waals surface area (Å²) in [6.07, 6.45) is 1.94. The molecule has 1 aromatic rings. The molecule has 0 amide bonds. The molecule has 0 fully saturated rings. The summed E-state index contributed by atoms with van der Waals surface area (Å²) in [5.41, 5.74) is 3.32. The summed E-state index contributed by atoms with van der Waals surface area (Å²) in [6.45, 7) is 8.08. The van der Waals surface area contributed by atoms with Crippen LogP contribution in [0.4, 0.5) is 0 Å². The summed E-state index contributed by atoms with van der Waals surface area (Å²) >= 11 is 0. The van der Waals surface area contributed by atoms with E-state index >= 15 is 0 Å². The summed E-state index contributed by atoms with van der Waals surface area (Å²) < 4.78 is 4.92. The van der Waals surface area contributed by atoms with Crippen molar-refractivity contribution in [2.24, 2.45) is 0 Å². The Labute approximate surface area is 96.2 Å². The first-order valence-corrected chi connectivity index (χ1v) is 5.33. The Kier molecular flexibility index (Phi) is 4.23. The molecule has 3 heteroatoms. The minimum Gasteiger partial charge on any atom is -0.461 e. The second kappa shape index (κ2) is 5.45. The first kappa shape index (κ1) is 12.4. The van der Waals surface area contributed by atoms with Gasteiger partial charge in [0.1, 0.15) is 5.69 Å². The van der Waals surface area contributed by atoms with E-state index in [1.165, 1.54) is 0 Å². The third kappa shape index (κ3) is 3.50. The molecular weight excluding hydrogens is 202 g/mol. The number of allylic oxidation sites excluding steroid dienone is 1. The van der Waals surface area contributed by atoms with Gasteiger partial charge in [0.25, 0.3) is 0 Å². The number of ether oxygens (including phenoxy) is 1. The highest BCUT2D eigenvalue weighted by atomic mass is 16.5. The monoisotopic (exact) mass is 219 g/mol. The maximum Gasteiger partial charge on any atom is 0.356 e. The normalized spacial score (nSPS) is 9.75. The van der Waals surface area contributed by atoms with Crippen LogP contribution in [-0.4, -0.2) is 17.6 Å². The fraction of sp³-hybridized carbons (Fsp3) is 0.385. The van der Waals surface area contributed by atoms with Crippen LogP contribution < -0.4 is 0 Å². The summed E-state index contributed by atoms with van der Waals surface area (Å²) in [5, 5.41) is 0. The minimum atomic E-state index is -0.366. The fourth-order valence-corrected chi connectivity index (χ4v) is 1.37. The number of aryl methyl sites for hydroxylation is 1. The van der Waals surface area contributed by atoms with Gasteiger partial charge in [-0.1, -0.05) is 5.57 Å². The predicted octanol–water partition coefficient (Wildman–Crippen LogP) is 2.99. The van der Waals surface area contributed by atoms with Crippen LogP contribution in [0.1, 0.15) is 42.5 Å². The molecule has 86 valence electrons. The van der Waals surface area contributed by atoms with E-state index in [-0.39, 0.29) is 5.97 Å². The number of nitrogens with zero attached hydrogens (tertiary/aromatic N) is 1. The van der Waals surface area contributed by atoms with Gasteiger partial charge in [-0.2, -0.15) is 0 Å². The zero-order chi connectivity index (χ0) is 12.1. The molecule has 0 aromatic carbocycles. The molecule has 0 aliphatic rings. The number of hydrogen-bond acceptors (Lipinski definition) is 3. The summed E-state index contributed by atoms with van der Waals surface area (Å²) in [4.78, 5) is 15.8. The zero-order valence-electron chi connectivity index (χ0n) is 10.2. The number of hydrogen-bond donors (Lipinski definition) is 0. The molecule has 0 aliphatic carbocycles. The Morgan fingerprint density at radius 2 is 2.12 bits per heavy atom. The number of aromatic nitrogens is 1. The van der Waals surface area contributed by atoms with Crippen LogP contribution in [0.3, 0.4) is 0 Å². The minimum absolute atomic E-state index is 0.366. The van der Waals surface area contributed by atoms with Crippen molar-refractivity contribution >= 4 is 12.0 Å². The average Bonchev–Trinajstić information content (AvgIpc) is 2.15. The molecule has 0 atom stereocenters. The molecule has 1 heterocycles. The van der Waals surface area contributed by atoms with Gasteiger partial charge in [-0.25, -0.2) is 9.78 Å². The molecule has 0 unspecified atom stereocenters. The molecule has 0 bridgehead atoms.